The number of hydrogen-bond donors (Lipinski definition) is 1. The molecule has 88 valence electrons. The van der Waals surface area contributed by atoms with Crippen LogP contribution in [-0.2, 0) is 4.79 Å². The van der Waals surface area contributed by atoms with Crippen molar-refractivity contribution in [1.29, 1.82) is 0 Å². The molecule has 1 unspecified atom stereocenters. The molecular formula is C11H22N2O2. The summed E-state index contributed by atoms with van der Waals surface area (Å²) in [6.45, 7) is 2.18. The van der Waals surface area contributed by atoms with Crippen LogP contribution in [0.4, 0.5) is 0 Å². The quantitative estimate of drug-likeness (QED) is 0.749. The van der Waals surface area contributed by atoms with Gasteiger partial charge in [0.2, 0.25) is 0 Å². The van der Waals surface area contributed by atoms with E-state index < -0.39 is 5.97 Å². The van der Waals surface area contributed by atoms with E-state index in [0.717, 1.165) is 25.9 Å². The Hall–Kier alpha value is -0.610. The lowest BCUT2D eigenvalue weighted by molar-refractivity contribution is -0.138. The van der Waals surface area contributed by atoms with Crippen LogP contribution in [0.3, 0.4) is 0 Å². The van der Waals surface area contributed by atoms with E-state index in [2.05, 4.69) is 16.8 Å². The molecule has 1 rings (SSSR count). The largest absolute Gasteiger partial charge is 0.481 e. The van der Waals surface area contributed by atoms with Gasteiger partial charge in [-0.05, 0) is 53.0 Å². The molecule has 0 bridgehead atoms. The van der Waals surface area contributed by atoms with E-state index in [1.165, 1.54) is 0 Å². The van der Waals surface area contributed by atoms with Crippen molar-refractivity contribution in [2.75, 3.05) is 34.2 Å². The van der Waals surface area contributed by atoms with Crippen molar-refractivity contribution in [3.63, 3.8) is 0 Å². The van der Waals surface area contributed by atoms with E-state index in [1.54, 1.807) is 0 Å². The third-order valence-electron chi connectivity index (χ3n) is 3.35. The number of carboxylic acid groups (broad SMARTS) is 1. The summed E-state index contributed by atoms with van der Waals surface area (Å²) in [5, 5.41) is 8.88. The molecule has 1 saturated heterocycles. The van der Waals surface area contributed by atoms with Gasteiger partial charge in [0.15, 0.2) is 0 Å². The summed E-state index contributed by atoms with van der Waals surface area (Å²) in [5.74, 6) is -0.153. The van der Waals surface area contributed by atoms with E-state index in [-0.39, 0.29) is 12.5 Å². The van der Waals surface area contributed by atoms with Crippen LogP contribution >= 0.6 is 0 Å². The molecule has 1 aliphatic heterocycles. The topological polar surface area (TPSA) is 43.8 Å². The van der Waals surface area contributed by atoms with Crippen LogP contribution in [0.2, 0.25) is 0 Å². The first-order valence-electron chi connectivity index (χ1n) is 5.57. The van der Waals surface area contributed by atoms with Crippen molar-refractivity contribution in [3.05, 3.63) is 0 Å². The Bertz CT molecular complexity index is 211. The summed E-state index contributed by atoms with van der Waals surface area (Å²) in [6.07, 6.45) is 2.50. The highest BCUT2D eigenvalue weighted by Crippen LogP contribution is 2.24. The van der Waals surface area contributed by atoms with E-state index in [0.29, 0.717) is 5.92 Å². The lowest BCUT2D eigenvalue weighted by Gasteiger charge is -2.36. The Morgan fingerprint density at radius 1 is 1.47 bits per heavy atom. The SMILES string of the molecule is CN1CCC(C(CC(=O)O)N(C)C)CC1. The maximum absolute atomic E-state index is 10.8. The zero-order valence-corrected chi connectivity index (χ0v) is 9.94. The second-order valence-electron chi connectivity index (χ2n) is 4.77. The van der Waals surface area contributed by atoms with Crippen molar-refractivity contribution in [2.24, 2.45) is 5.92 Å². The number of carboxylic acids is 1. The molecule has 1 fully saturated rings. The molecule has 0 aromatic rings. The summed E-state index contributed by atoms with van der Waals surface area (Å²) in [6, 6.07) is 0.191. The van der Waals surface area contributed by atoms with Gasteiger partial charge in [0.25, 0.3) is 0 Å². The Morgan fingerprint density at radius 3 is 2.40 bits per heavy atom. The van der Waals surface area contributed by atoms with E-state index in [9.17, 15) is 4.79 Å². The zero-order valence-electron chi connectivity index (χ0n) is 9.94. The van der Waals surface area contributed by atoms with E-state index in [1.807, 2.05) is 14.1 Å². The van der Waals surface area contributed by atoms with Gasteiger partial charge in [0.1, 0.15) is 0 Å². The van der Waals surface area contributed by atoms with Gasteiger partial charge in [-0.1, -0.05) is 0 Å². The molecule has 4 heteroatoms. The van der Waals surface area contributed by atoms with Gasteiger partial charge in [0, 0.05) is 6.04 Å². The zero-order chi connectivity index (χ0) is 11.4. The van der Waals surface area contributed by atoms with Gasteiger partial charge in [-0.25, -0.2) is 0 Å². The maximum atomic E-state index is 10.8. The van der Waals surface area contributed by atoms with Crippen LogP contribution in [0.5, 0.6) is 0 Å². The fourth-order valence-corrected chi connectivity index (χ4v) is 2.36. The first-order valence-corrected chi connectivity index (χ1v) is 5.57. The number of nitrogens with zero attached hydrogens (tertiary/aromatic N) is 2. The van der Waals surface area contributed by atoms with Gasteiger partial charge < -0.3 is 14.9 Å². The molecule has 1 aliphatic rings. The minimum Gasteiger partial charge on any atom is -0.481 e. The average molecular weight is 214 g/mol. The van der Waals surface area contributed by atoms with Crippen LogP contribution in [0, 0.1) is 5.92 Å². The lowest BCUT2D eigenvalue weighted by atomic mass is 9.87. The molecule has 1 atom stereocenters. The molecule has 0 aliphatic carbocycles. The standard InChI is InChI=1S/C11H22N2O2/c1-12(2)10(8-11(14)15)9-4-6-13(3)7-5-9/h9-10H,4-8H2,1-3H3,(H,14,15). The summed E-state index contributed by atoms with van der Waals surface area (Å²) >= 11 is 0. The van der Waals surface area contributed by atoms with Crippen LogP contribution in [-0.4, -0.2) is 61.2 Å². The highest BCUT2D eigenvalue weighted by atomic mass is 16.4. The second kappa shape index (κ2) is 5.47. The molecule has 1 N–H and O–H groups in total. The number of rotatable bonds is 4. The molecular weight excluding hydrogens is 192 g/mol. The predicted molar refractivity (Wildman–Crippen MR) is 59.9 cm³/mol. The Labute approximate surface area is 91.9 Å². The maximum Gasteiger partial charge on any atom is 0.304 e. The first-order chi connectivity index (χ1) is 7.00. The van der Waals surface area contributed by atoms with Crippen molar-refractivity contribution >= 4 is 5.97 Å². The second-order valence-corrected chi connectivity index (χ2v) is 4.77. The highest BCUT2D eigenvalue weighted by molar-refractivity contribution is 5.67. The number of piperidine rings is 1. The van der Waals surface area contributed by atoms with Gasteiger partial charge >= 0.3 is 5.97 Å². The fraction of sp³-hybridized carbons (Fsp3) is 0.909. The Balaban J connectivity index is 2.52. The monoisotopic (exact) mass is 214 g/mol. The lowest BCUT2D eigenvalue weighted by Crippen LogP contribution is -2.42. The van der Waals surface area contributed by atoms with Gasteiger partial charge in [0.05, 0.1) is 6.42 Å². The normalized spacial score (nSPS) is 21.9. The minimum atomic E-state index is -0.687. The predicted octanol–water partition coefficient (Wildman–Crippen LogP) is 0.733. The number of likely N-dealkylation sites (tertiary alicyclic amines) is 1. The summed E-state index contributed by atoms with van der Waals surface area (Å²) in [5.41, 5.74) is 0. The first kappa shape index (κ1) is 12.5. The van der Waals surface area contributed by atoms with Crippen molar-refractivity contribution in [1.82, 2.24) is 9.80 Å². The number of carbonyl (C=O) groups is 1. The third kappa shape index (κ3) is 3.80. The molecule has 15 heavy (non-hydrogen) atoms. The summed E-state index contributed by atoms with van der Waals surface area (Å²) in [4.78, 5) is 15.2. The smallest absolute Gasteiger partial charge is 0.304 e. The van der Waals surface area contributed by atoms with Crippen LogP contribution in [0.15, 0.2) is 0 Å². The van der Waals surface area contributed by atoms with Gasteiger partial charge in [-0.2, -0.15) is 0 Å². The summed E-state index contributed by atoms with van der Waals surface area (Å²) < 4.78 is 0. The van der Waals surface area contributed by atoms with Crippen LogP contribution in [0.1, 0.15) is 19.3 Å². The molecule has 0 aromatic carbocycles. The molecule has 0 spiro atoms. The number of aliphatic carboxylic acids is 1. The third-order valence-corrected chi connectivity index (χ3v) is 3.35. The van der Waals surface area contributed by atoms with E-state index >= 15 is 0 Å². The van der Waals surface area contributed by atoms with E-state index in [4.69, 9.17) is 5.11 Å². The molecule has 0 radical (unpaired) electrons. The molecule has 0 amide bonds. The van der Waals surface area contributed by atoms with Crippen LogP contribution in [0.25, 0.3) is 0 Å². The average Bonchev–Trinajstić information content (AvgIpc) is 2.15. The van der Waals surface area contributed by atoms with Crippen molar-refractivity contribution in [2.45, 2.75) is 25.3 Å². The van der Waals surface area contributed by atoms with Crippen molar-refractivity contribution in [3.8, 4) is 0 Å². The summed E-state index contributed by atoms with van der Waals surface area (Å²) in [7, 11) is 6.08. The Morgan fingerprint density at radius 2 is 2.00 bits per heavy atom. The minimum absolute atomic E-state index is 0.191. The van der Waals surface area contributed by atoms with Crippen molar-refractivity contribution < 1.29 is 9.90 Å². The Kier molecular flexibility index (Phi) is 4.54. The van der Waals surface area contributed by atoms with Gasteiger partial charge in [-0.15, -0.1) is 0 Å². The molecule has 4 nitrogen and oxygen atoms in total. The van der Waals surface area contributed by atoms with Gasteiger partial charge in [-0.3, -0.25) is 4.79 Å². The molecule has 0 aromatic heterocycles. The molecule has 1 heterocycles. The number of hydrogen-bond acceptors (Lipinski definition) is 3. The highest BCUT2D eigenvalue weighted by Gasteiger charge is 2.28. The molecule has 0 saturated carbocycles. The fourth-order valence-electron chi connectivity index (χ4n) is 2.36. The van der Waals surface area contributed by atoms with Crippen LogP contribution < -0.4 is 0 Å².